The zero-order valence-corrected chi connectivity index (χ0v) is 9.77. The fraction of sp³-hybridized carbons (Fsp3) is 0.182. The number of halogens is 2. The summed E-state index contributed by atoms with van der Waals surface area (Å²) in [6.45, 7) is 2.21. The van der Waals surface area contributed by atoms with Gasteiger partial charge in [0.2, 0.25) is 5.91 Å². The van der Waals surface area contributed by atoms with Crippen LogP contribution in [0.2, 0.25) is 10.0 Å². The Kier molecular flexibility index (Phi) is 4.66. The van der Waals surface area contributed by atoms with E-state index in [0.29, 0.717) is 16.6 Å². The molecular formula is C11H11Cl2NO. The van der Waals surface area contributed by atoms with Gasteiger partial charge < -0.3 is 5.32 Å². The van der Waals surface area contributed by atoms with Crippen molar-refractivity contribution < 1.29 is 4.79 Å². The van der Waals surface area contributed by atoms with Crippen molar-refractivity contribution >= 4 is 29.1 Å². The average Bonchev–Trinajstić information content (AvgIpc) is 2.14. The van der Waals surface area contributed by atoms with Gasteiger partial charge in [-0.25, -0.2) is 0 Å². The molecule has 0 heterocycles. The third kappa shape index (κ3) is 4.36. The first-order valence-corrected chi connectivity index (χ1v) is 5.23. The van der Waals surface area contributed by atoms with Gasteiger partial charge in [-0.1, -0.05) is 29.3 Å². The number of hydrogen-bond acceptors (Lipinski definition) is 1. The fourth-order valence-electron chi connectivity index (χ4n) is 1.11. The second-order valence-corrected chi connectivity index (χ2v) is 3.87. The summed E-state index contributed by atoms with van der Waals surface area (Å²) in [4.78, 5) is 11.1. The molecule has 0 aliphatic carbocycles. The lowest BCUT2D eigenvalue weighted by Gasteiger charge is -2.03. The SMILES string of the molecule is C/C=C/C(=O)NCc1cc(Cl)cc(Cl)c1. The zero-order chi connectivity index (χ0) is 11.3. The molecule has 0 radical (unpaired) electrons. The summed E-state index contributed by atoms with van der Waals surface area (Å²) in [5.74, 6) is -0.131. The maximum atomic E-state index is 11.1. The van der Waals surface area contributed by atoms with Crippen LogP contribution < -0.4 is 5.32 Å². The number of allylic oxidation sites excluding steroid dienone is 1. The summed E-state index contributed by atoms with van der Waals surface area (Å²) in [6.07, 6.45) is 3.15. The number of rotatable bonds is 3. The van der Waals surface area contributed by atoms with E-state index in [1.807, 2.05) is 0 Å². The molecule has 0 aromatic heterocycles. The van der Waals surface area contributed by atoms with Crippen LogP contribution in [0.15, 0.2) is 30.4 Å². The molecule has 15 heavy (non-hydrogen) atoms. The quantitative estimate of drug-likeness (QED) is 0.813. The Morgan fingerprint density at radius 3 is 2.47 bits per heavy atom. The van der Waals surface area contributed by atoms with E-state index in [2.05, 4.69) is 5.32 Å². The Morgan fingerprint density at radius 1 is 1.33 bits per heavy atom. The minimum Gasteiger partial charge on any atom is -0.348 e. The zero-order valence-electron chi connectivity index (χ0n) is 8.26. The van der Waals surface area contributed by atoms with Crippen molar-refractivity contribution in [3.8, 4) is 0 Å². The highest BCUT2D eigenvalue weighted by molar-refractivity contribution is 6.34. The van der Waals surface area contributed by atoms with Crippen LogP contribution in [0.5, 0.6) is 0 Å². The Morgan fingerprint density at radius 2 is 1.93 bits per heavy atom. The Bertz CT molecular complexity index is 368. The van der Waals surface area contributed by atoms with Crippen LogP contribution in [-0.2, 0) is 11.3 Å². The summed E-state index contributed by atoms with van der Waals surface area (Å²) in [5.41, 5.74) is 0.880. The molecule has 0 aliphatic rings. The van der Waals surface area contributed by atoms with Gasteiger partial charge >= 0.3 is 0 Å². The van der Waals surface area contributed by atoms with Gasteiger partial charge in [-0.05, 0) is 36.8 Å². The van der Waals surface area contributed by atoms with Crippen LogP contribution in [0.25, 0.3) is 0 Å². The van der Waals surface area contributed by atoms with Crippen molar-refractivity contribution in [1.82, 2.24) is 5.32 Å². The Labute approximate surface area is 98.9 Å². The molecule has 1 N–H and O–H groups in total. The van der Waals surface area contributed by atoms with Crippen molar-refractivity contribution in [3.05, 3.63) is 46.0 Å². The van der Waals surface area contributed by atoms with Crippen molar-refractivity contribution in [3.63, 3.8) is 0 Å². The highest BCUT2D eigenvalue weighted by Crippen LogP contribution is 2.18. The minimum atomic E-state index is -0.131. The third-order valence-corrected chi connectivity index (χ3v) is 2.14. The van der Waals surface area contributed by atoms with Crippen LogP contribution in [0.1, 0.15) is 12.5 Å². The van der Waals surface area contributed by atoms with Crippen LogP contribution in [0.4, 0.5) is 0 Å². The normalized spacial score (nSPS) is 10.6. The van der Waals surface area contributed by atoms with E-state index >= 15 is 0 Å². The topological polar surface area (TPSA) is 29.1 Å². The van der Waals surface area contributed by atoms with Gasteiger partial charge in [-0.3, -0.25) is 4.79 Å². The van der Waals surface area contributed by atoms with E-state index in [1.54, 1.807) is 31.2 Å². The summed E-state index contributed by atoms with van der Waals surface area (Å²) < 4.78 is 0. The van der Waals surface area contributed by atoms with Crippen LogP contribution in [0.3, 0.4) is 0 Å². The van der Waals surface area contributed by atoms with Crippen LogP contribution in [0, 0.1) is 0 Å². The third-order valence-electron chi connectivity index (χ3n) is 1.71. The molecule has 0 saturated carbocycles. The molecule has 1 rings (SSSR count). The van der Waals surface area contributed by atoms with Gasteiger partial charge in [-0.2, -0.15) is 0 Å². The van der Waals surface area contributed by atoms with Gasteiger partial charge in [0.1, 0.15) is 0 Å². The predicted octanol–water partition coefficient (Wildman–Crippen LogP) is 3.19. The standard InChI is InChI=1S/C11H11Cl2NO/c1-2-3-11(15)14-7-8-4-9(12)6-10(13)5-8/h2-6H,7H2,1H3,(H,14,15)/b3-2+. The summed E-state index contributed by atoms with van der Waals surface area (Å²) in [7, 11) is 0. The highest BCUT2D eigenvalue weighted by atomic mass is 35.5. The van der Waals surface area contributed by atoms with Crippen molar-refractivity contribution in [2.75, 3.05) is 0 Å². The predicted molar refractivity (Wildman–Crippen MR) is 63.1 cm³/mol. The van der Waals surface area contributed by atoms with Gasteiger partial charge in [0, 0.05) is 16.6 Å². The number of carbonyl (C=O) groups is 1. The number of carbonyl (C=O) groups excluding carboxylic acids is 1. The van der Waals surface area contributed by atoms with Crippen molar-refractivity contribution in [2.24, 2.45) is 0 Å². The maximum absolute atomic E-state index is 11.1. The average molecular weight is 244 g/mol. The Hall–Kier alpha value is -0.990. The van der Waals surface area contributed by atoms with Crippen LogP contribution >= 0.6 is 23.2 Å². The summed E-state index contributed by atoms with van der Waals surface area (Å²) in [6, 6.07) is 5.19. The number of benzene rings is 1. The molecule has 4 heteroatoms. The summed E-state index contributed by atoms with van der Waals surface area (Å²) >= 11 is 11.6. The van der Waals surface area contributed by atoms with E-state index < -0.39 is 0 Å². The number of hydrogen-bond donors (Lipinski definition) is 1. The molecule has 1 aromatic rings. The van der Waals surface area contributed by atoms with Crippen molar-refractivity contribution in [2.45, 2.75) is 13.5 Å². The lowest BCUT2D eigenvalue weighted by molar-refractivity contribution is -0.116. The lowest BCUT2D eigenvalue weighted by atomic mass is 10.2. The van der Waals surface area contributed by atoms with Gasteiger partial charge in [0.25, 0.3) is 0 Å². The first-order chi connectivity index (χ1) is 7.11. The van der Waals surface area contributed by atoms with Crippen molar-refractivity contribution in [1.29, 1.82) is 0 Å². The van der Waals surface area contributed by atoms with E-state index in [4.69, 9.17) is 23.2 Å². The van der Waals surface area contributed by atoms with E-state index in [0.717, 1.165) is 5.56 Å². The highest BCUT2D eigenvalue weighted by Gasteiger charge is 1.99. The summed E-state index contributed by atoms with van der Waals surface area (Å²) in [5, 5.41) is 3.85. The lowest BCUT2D eigenvalue weighted by Crippen LogP contribution is -2.20. The second kappa shape index (κ2) is 5.79. The van der Waals surface area contributed by atoms with Gasteiger partial charge in [-0.15, -0.1) is 0 Å². The molecule has 0 spiro atoms. The first kappa shape index (κ1) is 12.1. The molecule has 0 fully saturated rings. The fourth-order valence-corrected chi connectivity index (χ4v) is 1.68. The number of nitrogens with one attached hydrogen (secondary N) is 1. The smallest absolute Gasteiger partial charge is 0.243 e. The maximum Gasteiger partial charge on any atom is 0.243 e. The van der Waals surface area contributed by atoms with E-state index in [9.17, 15) is 4.79 Å². The first-order valence-electron chi connectivity index (χ1n) is 4.47. The van der Waals surface area contributed by atoms with E-state index in [-0.39, 0.29) is 5.91 Å². The molecule has 1 aromatic carbocycles. The van der Waals surface area contributed by atoms with Gasteiger partial charge in [0.05, 0.1) is 0 Å². The number of amides is 1. The largest absolute Gasteiger partial charge is 0.348 e. The molecule has 0 atom stereocenters. The molecular weight excluding hydrogens is 233 g/mol. The molecule has 0 unspecified atom stereocenters. The molecule has 1 amide bonds. The van der Waals surface area contributed by atoms with Crippen LogP contribution in [-0.4, -0.2) is 5.91 Å². The molecule has 2 nitrogen and oxygen atoms in total. The molecule has 0 aliphatic heterocycles. The van der Waals surface area contributed by atoms with E-state index in [1.165, 1.54) is 6.08 Å². The minimum absolute atomic E-state index is 0.131. The Balaban J connectivity index is 2.61. The van der Waals surface area contributed by atoms with Gasteiger partial charge in [0.15, 0.2) is 0 Å². The molecule has 0 saturated heterocycles. The monoisotopic (exact) mass is 243 g/mol. The second-order valence-electron chi connectivity index (χ2n) is 3.00. The molecule has 0 bridgehead atoms. The molecule has 80 valence electrons.